The van der Waals surface area contributed by atoms with Crippen molar-refractivity contribution in [2.75, 3.05) is 19.0 Å². The molecular formula is C13H18N2O3. The summed E-state index contributed by atoms with van der Waals surface area (Å²) in [5.41, 5.74) is 0.653. The second kappa shape index (κ2) is 5.71. The van der Waals surface area contributed by atoms with Crippen molar-refractivity contribution in [3.05, 3.63) is 28.3 Å². The molecular weight excluding hydrogens is 232 g/mol. The summed E-state index contributed by atoms with van der Waals surface area (Å²) < 4.78 is 5.10. The second-order valence-corrected chi connectivity index (χ2v) is 4.67. The Balaban J connectivity index is 2.10. The highest BCUT2D eigenvalue weighted by Gasteiger charge is 2.18. The van der Waals surface area contributed by atoms with Crippen LogP contribution in [0.2, 0.25) is 0 Å². The third kappa shape index (κ3) is 2.91. The highest BCUT2D eigenvalue weighted by atomic mass is 16.6. The zero-order valence-corrected chi connectivity index (χ0v) is 10.5. The zero-order valence-electron chi connectivity index (χ0n) is 10.5. The van der Waals surface area contributed by atoms with Crippen molar-refractivity contribution in [2.24, 2.45) is 5.92 Å². The molecule has 2 rings (SSSR count). The molecule has 1 N–H and O–H groups in total. The maximum Gasteiger partial charge on any atom is 0.292 e. The zero-order chi connectivity index (χ0) is 13.0. The van der Waals surface area contributed by atoms with Gasteiger partial charge >= 0.3 is 0 Å². The fourth-order valence-corrected chi connectivity index (χ4v) is 2.41. The Hall–Kier alpha value is -1.78. The lowest BCUT2D eigenvalue weighted by atomic mass is 10.1. The molecule has 1 saturated carbocycles. The maximum atomic E-state index is 10.9. The van der Waals surface area contributed by atoms with Crippen molar-refractivity contribution < 1.29 is 9.66 Å². The Morgan fingerprint density at radius 3 is 2.78 bits per heavy atom. The van der Waals surface area contributed by atoms with Crippen LogP contribution in [-0.4, -0.2) is 18.6 Å². The number of nitro benzene ring substituents is 1. The molecule has 0 amide bonds. The molecule has 0 aromatic heterocycles. The van der Waals surface area contributed by atoms with E-state index in [0.717, 1.165) is 6.54 Å². The molecule has 0 unspecified atom stereocenters. The summed E-state index contributed by atoms with van der Waals surface area (Å²) in [5.74, 6) is 1.27. The van der Waals surface area contributed by atoms with Gasteiger partial charge in [-0.1, -0.05) is 12.8 Å². The first kappa shape index (κ1) is 12.7. The van der Waals surface area contributed by atoms with Crippen LogP contribution in [0.15, 0.2) is 18.2 Å². The van der Waals surface area contributed by atoms with Crippen molar-refractivity contribution in [2.45, 2.75) is 25.7 Å². The van der Waals surface area contributed by atoms with Gasteiger partial charge in [-0.25, -0.2) is 0 Å². The third-order valence-corrected chi connectivity index (χ3v) is 3.46. The summed E-state index contributed by atoms with van der Waals surface area (Å²) in [7, 11) is 1.56. The van der Waals surface area contributed by atoms with Gasteiger partial charge in [0.15, 0.2) is 0 Å². The molecule has 1 aromatic carbocycles. The highest BCUT2D eigenvalue weighted by molar-refractivity contribution is 5.64. The van der Waals surface area contributed by atoms with E-state index < -0.39 is 0 Å². The van der Waals surface area contributed by atoms with E-state index in [1.54, 1.807) is 19.2 Å². The van der Waals surface area contributed by atoms with Gasteiger partial charge in [-0.15, -0.1) is 0 Å². The van der Waals surface area contributed by atoms with Gasteiger partial charge in [0.2, 0.25) is 0 Å². The summed E-state index contributed by atoms with van der Waals surface area (Å²) in [6, 6.07) is 4.78. The van der Waals surface area contributed by atoms with Gasteiger partial charge in [-0.2, -0.15) is 0 Å². The number of ether oxygens (including phenoxy) is 1. The first-order valence-corrected chi connectivity index (χ1v) is 6.27. The molecule has 1 aliphatic carbocycles. The standard InChI is InChI=1S/C13H18N2O3/c1-18-11-6-7-13(15(16)17)12(8-11)14-9-10-4-2-3-5-10/h6-8,10,14H,2-5,9H2,1H3. The Morgan fingerprint density at radius 2 is 2.17 bits per heavy atom. The second-order valence-electron chi connectivity index (χ2n) is 4.67. The number of nitro groups is 1. The fourth-order valence-electron chi connectivity index (χ4n) is 2.41. The number of hydrogen-bond acceptors (Lipinski definition) is 4. The quantitative estimate of drug-likeness (QED) is 0.643. The lowest BCUT2D eigenvalue weighted by Crippen LogP contribution is -2.12. The first-order valence-electron chi connectivity index (χ1n) is 6.27. The van der Waals surface area contributed by atoms with E-state index in [-0.39, 0.29) is 10.6 Å². The minimum atomic E-state index is -0.365. The molecule has 0 atom stereocenters. The molecule has 5 nitrogen and oxygen atoms in total. The summed E-state index contributed by atoms with van der Waals surface area (Å²) in [6.07, 6.45) is 4.97. The van der Waals surface area contributed by atoms with E-state index in [9.17, 15) is 10.1 Å². The molecule has 5 heteroatoms. The van der Waals surface area contributed by atoms with Gasteiger partial charge in [0.05, 0.1) is 12.0 Å². The van der Waals surface area contributed by atoms with Crippen LogP contribution in [0.5, 0.6) is 5.75 Å². The van der Waals surface area contributed by atoms with Gasteiger partial charge < -0.3 is 10.1 Å². The topological polar surface area (TPSA) is 64.4 Å². The van der Waals surface area contributed by atoms with E-state index in [4.69, 9.17) is 4.74 Å². The van der Waals surface area contributed by atoms with Crippen molar-refractivity contribution in [1.82, 2.24) is 0 Å². The predicted octanol–water partition coefficient (Wildman–Crippen LogP) is 3.21. The number of benzene rings is 1. The summed E-state index contributed by atoms with van der Waals surface area (Å²) in [4.78, 5) is 10.6. The Labute approximate surface area is 106 Å². The Bertz CT molecular complexity index is 428. The van der Waals surface area contributed by atoms with Crippen LogP contribution in [0.4, 0.5) is 11.4 Å². The molecule has 98 valence electrons. The van der Waals surface area contributed by atoms with E-state index in [1.165, 1.54) is 31.7 Å². The monoisotopic (exact) mass is 250 g/mol. The smallest absolute Gasteiger partial charge is 0.292 e. The summed E-state index contributed by atoms with van der Waals surface area (Å²) in [5, 5.41) is 14.1. The van der Waals surface area contributed by atoms with Gasteiger partial charge in [0.25, 0.3) is 5.69 Å². The highest BCUT2D eigenvalue weighted by Crippen LogP contribution is 2.30. The number of rotatable bonds is 5. The predicted molar refractivity (Wildman–Crippen MR) is 70.1 cm³/mol. The lowest BCUT2D eigenvalue weighted by Gasteiger charge is -2.12. The van der Waals surface area contributed by atoms with Crippen LogP contribution >= 0.6 is 0 Å². The first-order chi connectivity index (χ1) is 8.70. The average molecular weight is 250 g/mol. The van der Waals surface area contributed by atoms with Crippen molar-refractivity contribution >= 4 is 11.4 Å². The fraction of sp³-hybridized carbons (Fsp3) is 0.538. The van der Waals surface area contributed by atoms with Crippen LogP contribution in [0.3, 0.4) is 0 Å². The van der Waals surface area contributed by atoms with Crippen LogP contribution in [-0.2, 0) is 0 Å². The van der Waals surface area contributed by atoms with Crippen molar-refractivity contribution in [3.63, 3.8) is 0 Å². The molecule has 0 heterocycles. The van der Waals surface area contributed by atoms with Crippen LogP contribution in [0.25, 0.3) is 0 Å². The third-order valence-electron chi connectivity index (χ3n) is 3.46. The summed E-state index contributed by atoms with van der Waals surface area (Å²) >= 11 is 0. The maximum absolute atomic E-state index is 10.9. The van der Waals surface area contributed by atoms with E-state index in [2.05, 4.69) is 5.32 Å². The van der Waals surface area contributed by atoms with Gasteiger partial charge in [0.1, 0.15) is 11.4 Å². The number of methoxy groups -OCH3 is 1. The molecule has 18 heavy (non-hydrogen) atoms. The average Bonchev–Trinajstić information content (AvgIpc) is 2.88. The molecule has 1 aliphatic rings. The van der Waals surface area contributed by atoms with Crippen LogP contribution in [0, 0.1) is 16.0 Å². The van der Waals surface area contributed by atoms with E-state index >= 15 is 0 Å². The molecule has 1 aromatic rings. The molecule has 0 bridgehead atoms. The Morgan fingerprint density at radius 1 is 1.44 bits per heavy atom. The number of nitrogens with one attached hydrogen (secondary N) is 1. The Kier molecular flexibility index (Phi) is 4.02. The minimum Gasteiger partial charge on any atom is -0.497 e. The van der Waals surface area contributed by atoms with Crippen LogP contribution < -0.4 is 10.1 Å². The van der Waals surface area contributed by atoms with Crippen molar-refractivity contribution in [3.8, 4) is 5.75 Å². The number of nitrogens with zero attached hydrogens (tertiary/aromatic N) is 1. The summed E-state index contributed by atoms with van der Waals surface area (Å²) in [6.45, 7) is 0.800. The van der Waals surface area contributed by atoms with Gasteiger partial charge in [0, 0.05) is 18.7 Å². The number of hydrogen-bond donors (Lipinski definition) is 1. The normalized spacial score (nSPS) is 15.6. The number of anilines is 1. The van der Waals surface area contributed by atoms with E-state index in [1.807, 2.05) is 0 Å². The van der Waals surface area contributed by atoms with Gasteiger partial charge in [-0.05, 0) is 24.8 Å². The molecule has 0 saturated heterocycles. The SMILES string of the molecule is COc1ccc([N+](=O)[O-])c(NCC2CCCC2)c1. The van der Waals surface area contributed by atoms with Gasteiger partial charge in [-0.3, -0.25) is 10.1 Å². The molecule has 0 aliphatic heterocycles. The minimum absolute atomic E-state index is 0.105. The van der Waals surface area contributed by atoms with E-state index in [0.29, 0.717) is 17.4 Å². The largest absolute Gasteiger partial charge is 0.497 e. The van der Waals surface area contributed by atoms with Crippen molar-refractivity contribution in [1.29, 1.82) is 0 Å². The van der Waals surface area contributed by atoms with Crippen LogP contribution in [0.1, 0.15) is 25.7 Å². The molecule has 1 fully saturated rings. The molecule has 0 radical (unpaired) electrons. The lowest BCUT2D eigenvalue weighted by molar-refractivity contribution is -0.384. The molecule has 0 spiro atoms.